The Kier molecular flexibility index (Phi) is 4.57. The number of likely N-dealkylation sites (tertiary alicyclic amines) is 1. The van der Waals surface area contributed by atoms with Gasteiger partial charge in [-0.15, -0.1) is 0 Å². The van der Waals surface area contributed by atoms with Crippen LogP contribution in [0.2, 0.25) is 0 Å². The van der Waals surface area contributed by atoms with E-state index in [2.05, 4.69) is 17.2 Å². The molecule has 2 fully saturated rings. The van der Waals surface area contributed by atoms with Crippen molar-refractivity contribution in [2.24, 2.45) is 5.41 Å². The van der Waals surface area contributed by atoms with Crippen LogP contribution in [0.15, 0.2) is 24.3 Å². The molecule has 132 valence electrons. The Bertz CT molecular complexity index is 744. The molecule has 0 atom stereocenters. The molecule has 25 heavy (non-hydrogen) atoms. The summed E-state index contributed by atoms with van der Waals surface area (Å²) in [7, 11) is 0. The first-order valence-electron chi connectivity index (χ1n) is 8.68. The number of benzene rings is 1. The number of nitrogens with zero attached hydrogens (tertiary/aromatic N) is 1. The SMILES string of the molecule is CC(C)(O)C#Cc1cccc(C(=O)N2CCC3(CC2)CNC(=O)C3)c1. The second-order valence-electron chi connectivity index (χ2n) is 7.64. The van der Waals surface area contributed by atoms with E-state index in [9.17, 15) is 14.7 Å². The minimum Gasteiger partial charge on any atom is -0.378 e. The summed E-state index contributed by atoms with van der Waals surface area (Å²) < 4.78 is 0. The molecule has 2 amide bonds. The van der Waals surface area contributed by atoms with Gasteiger partial charge in [-0.25, -0.2) is 0 Å². The molecule has 2 heterocycles. The number of nitrogens with one attached hydrogen (secondary N) is 1. The Morgan fingerprint density at radius 3 is 2.64 bits per heavy atom. The van der Waals surface area contributed by atoms with E-state index in [0.29, 0.717) is 30.6 Å². The van der Waals surface area contributed by atoms with E-state index in [1.54, 1.807) is 26.0 Å². The monoisotopic (exact) mass is 340 g/mol. The topological polar surface area (TPSA) is 69.6 Å². The first kappa shape index (κ1) is 17.5. The Morgan fingerprint density at radius 2 is 2.04 bits per heavy atom. The van der Waals surface area contributed by atoms with Gasteiger partial charge in [0.05, 0.1) is 0 Å². The lowest BCUT2D eigenvalue weighted by Gasteiger charge is -2.38. The van der Waals surface area contributed by atoms with Crippen molar-refractivity contribution in [3.05, 3.63) is 35.4 Å². The summed E-state index contributed by atoms with van der Waals surface area (Å²) in [6.45, 7) is 5.33. The molecule has 0 aliphatic carbocycles. The van der Waals surface area contributed by atoms with Crippen LogP contribution in [0.4, 0.5) is 0 Å². The van der Waals surface area contributed by atoms with Crippen molar-refractivity contribution in [3.8, 4) is 11.8 Å². The molecule has 0 unspecified atom stereocenters. The third-order valence-electron chi connectivity index (χ3n) is 4.93. The zero-order valence-electron chi connectivity index (χ0n) is 14.8. The lowest BCUT2D eigenvalue weighted by molar-refractivity contribution is -0.119. The number of rotatable bonds is 1. The van der Waals surface area contributed by atoms with Gasteiger partial charge >= 0.3 is 0 Å². The summed E-state index contributed by atoms with van der Waals surface area (Å²) in [5.74, 6) is 5.80. The van der Waals surface area contributed by atoms with Gasteiger partial charge in [0.15, 0.2) is 0 Å². The molecule has 2 aliphatic heterocycles. The fraction of sp³-hybridized carbons (Fsp3) is 0.500. The van der Waals surface area contributed by atoms with E-state index in [-0.39, 0.29) is 17.2 Å². The molecule has 5 nitrogen and oxygen atoms in total. The normalized spacial score (nSPS) is 19.3. The average molecular weight is 340 g/mol. The van der Waals surface area contributed by atoms with Gasteiger partial charge in [-0.3, -0.25) is 9.59 Å². The lowest BCUT2D eigenvalue weighted by atomic mass is 9.77. The molecule has 0 radical (unpaired) electrons. The maximum Gasteiger partial charge on any atom is 0.253 e. The van der Waals surface area contributed by atoms with Crippen LogP contribution in [-0.2, 0) is 4.79 Å². The van der Waals surface area contributed by atoms with E-state index >= 15 is 0 Å². The van der Waals surface area contributed by atoms with Crippen molar-refractivity contribution in [2.75, 3.05) is 19.6 Å². The molecule has 0 saturated carbocycles. The Balaban J connectivity index is 1.68. The average Bonchev–Trinajstić information content (AvgIpc) is 2.93. The standard InChI is InChI=1S/C20H24N2O3/c1-19(2,25)7-6-15-4-3-5-16(12-15)18(24)22-10-8-20(9-11-22)13-17(23)21-14-20/h3-5,12,25H,8-11,13-14H2,1-2H3,(H,21,23). The summed E-state index contributed by atoms with van der Waals surface area (Å²) in [6, 6.07) is 7.21. The largest absolute Gasteiger partial charge is 0.378 e. The van der Waals surface area contributed by atoms with Gasteiger partial charge in [-0.05, 0) is 50.3 Å². The van der Waals surface area contributed by atoms with Crippen molar-refractivity contribution >= 4 is 11.8 Å². The molecule has 2 aliphatic rings. The van der Waals surface area contributed by atoms with E-state index in [0.717, 1.165) is 19.4 Å². The number of amides is 2. The molecule has 5 heteroatoms. The van der Waals surface area contributed by atoms with Gasteiger partial charge in [0.25, 0.3) is 5.91 Å². The van der Waals surface area contributed by atoms with E-state index in [1.165, 1.54) is 0 Å². The first-order chi connectivity index (χ1) is 11.8. The van der Waals surface area contributed by atoms with Crippen LogP contribution in [0.1, 0.15) is 49.0 Å². The number of hydrogen-bond donors (Lipinski definition) is 2. The van der Waals surface area contributed by atoms with Gasteiger partial charge in [-0.2, -0.15) is 0 Å². The summed E-state index contributed by atoms with van der Waals surface area (Å²) >= 11 is 0. The van der Waals surface area contributed by atoms with Gasteiger partial charge in [-0.1, -0.05) is 17.9 Å². The molecule has 2 N–H and O–H groups in total. The number of piperidine rings is 1. The van der Waals surface area contributed by atoms with Gasteiger partial charge in [0.2, 0.25) is 5.91 Å². The van der Waals surface area contributed by atoms with Crippen molar-refractivity contribution < 1.29 is 14.7 Å². The van der Waals surface area contributed by atoms with Crippen molar-refractivity contribution in [2.45, 2.75) is 38.7 Å². The summed E-state index contributed by atoms with van der Waals surface area (Å²) in [5.41, 5.74) is 0.299. The summed E-state index contributed by atoms with van der Waals surface area (Å²) in [5, 5.41) is 12.6. The van der Waals surface area contributed by atoms with Gasteiger partial charge in [0, 0.05) is 37.2 Å². The Morgan fingerprint density at radius 1 is 1.32 bits per heavy atom. The highest BCUT2D eigenvalue weighted by molar-refractivity contribution is 5.94. The van der Waals surface area contributed by atoms with Crippen LogP contribution in [0.3, 0.4) is 0 Å². The molecule has 0 aromatic heterocycles. The second-order valence-corrected chi connectivity index (χ2v) is 7.64. The molecule has 1 spiro atoms. The molecule has 2 saturated heterocycles. The van der Waals surface area contributed by atoms with Crippen LogP contribution in [0.5, 0.6) is 0 Å². The van der Waals surface area contributed by atoms with Crippen LogP contribution in [0.25, 0.3) is 0 Å². The highest BCUT2D eigenvalue weighted by atomic mass is 16.3. The van der Waals surface area contributed by atoms with Crippen LogP contribution in [-0.4, -0.2) is 47.1 Å². The predicted molar refractivity (Wildman–Crippen MR) is 94.8 cm³/mol. The molecular weight excluding hydrogens is 316 g/mol. The zero-order chi connectivity index (χ0) is 18.1. The lowest BCUT2D eigenvalue weighted by Crippen LogP contribution is -2.44. The molecule has 1 aromatic carbocycles. The molecule has 3 rings (SSSR count). The first-order valence-corrected chi connectivity index (χ1v) is 8.68. The van der Waals surface area contributed by atoms with Crippen LogP contribution >= 0.6 is 0 Å². The van der Waals surface area contributed by atoms with Crippen molar-refractivity contribution in [3.63, 3.8) is 0 Å². The quantitative estimate of drug-likeness (QED) is 0.762. The van der Waals surface area contributed by atoms with Crippen molar-refractivity contribution in [1.29, 1.82) is 0 Å². The number of hydrogen-bond acceptors (Lipinski definition) is 3. The summed E-state index contributed by atoms with van der Waals surface area (Å²) in [4.78, 5) is 26.1. The van der Waals surface area contributed by atoms with E-state index < -0.39 is 5.60 Å². The fourth-order valence-corrected chi connectivity index (χ4v) is 3.43. The zero-order valence-corrected chi connectivity index (χ0v) is 14.8. The Labute approximate surface area is 148 Å². The summed E-state index contributed by atoms with van der Waals surface area (Å²) in [6.07, 6.45) is 2.29. The molecule has 1 aromatic rings. The van der Waals surface area contributed by atoms with Gasteiger partial charge in [0.1, 0.15) is 5.60 Å². The predicted octanol–water partition coefficient (Wildman–Crippen LogP) is 1.55. The Hall–Kier alpha value is -2.32. The number of carbonyl (C=O) groups is 2. The second kappa shape index (κ2) is 6.53. The fourth-order valence-electron chi connectivity index (χ4n) is 3.43. The third-order valence-corrected chi connectivity index (χ3v) is 4.93. The minimum atomic E-state index is -1.06. The van der Waals surface area contributed by atoms with Crippen molar-refractivity contribution in [1.82, 2.24) is 10.2 Å². The number of carbonyl (C=O) groups excluding carboxylic acids is 2. The van der Waals surface area contributed by atoms with E-state index in [4.69, 9.17) is 0 Å². The maximum atomic E-state index is 12.8. The molecule has 0 bridgehead atoms. The van der Waals surface area contributed by atoms with Crippen LogP contribution in [0, 0.1) is 17.3 Å². The van der Waals surface area contributed by atoms with E-state index in [1.807, 2.05) is 17.0 Å². The molecular formula is C20H24N2O3. The number of aliphatic hydroxyl groups is 1. The smallest absolute Gasteiger partial charge is 0.253 e. The minimum absolute atomic E-state index is 0.000888. The highest BCUT2D eigenvalue weighted by Crippen LogP contribution is 2.37. The third kappa shape index (κ3) is 4.21. The van der Waals surface area contributed by atoms with Crippen LogP contribution < -0.4 is 5.32 Å². The van der Waals surface area contributed by atoms with Gasteiger partial charge < -0.3 is 15.3 Å². The maximum absolute atomic E-state index is 12.8. The highest BCUT2D eigenvalue weighted by Gasteiger charge is 2.41.